The van der Waals surface area contributed by atoms with Gasteiger partial charge in [0.05, 0.1) is 5.92 Å². The molecule has 2 atom stereocenters. The fourth-order valence-electron chi connectivity index (χ4n) is 4.68. The van der Waals surface area contributed by atoms with Crippen molar-refractivity contribution >= 4 is 11.8 Å². The summed E-state index contributed by atoms with van der Waals surface area (Å²) in [4.78, 5) is 26.5. The maximum absolute atomic E-state index is 13.0. The molecule has 1 aliphatic heterocycles. The molecule has 2 amide bonds. The van der Waals surface area contributed by atoms with E-state index < -0.39 is 0 Å². The molecule has 0 radical (unpaired) electrons. The van der Waals surface area contributed by atoms with Crippen LogP contribution in [0.3, 0.4) is 0 Å². The average Bonchev–Trinajstić information content (AvgIpc) is 2.89. The maximum Gasteiger partial charge on any atom is 0.224 e. The monoisotopic (exact) mass is 371 g/mol. The minimum atomic E-state index is -0.168. The molecule has 1 saturated carbocycles. The van der Waals surface area contributed by atoms with Gasteiger partial charge in [-0.05, 0) is 31.2 Å². The zero-order chi connectivity index (χ0) is 19.3. The van der Waals surface area contributed by atoms with E-state index in [0.717, 1.165) is 25.7 Å². The van der Waals surface area contributed by atoms with Gasteiger partial charge in [0.2, 0.25) is 11.8 Å². The highest BCUT2D eigenvalue weighted by atomic mass is 16.2. The molecule has 0 bridgehead atoms. The van der Waals surface area contributed by atoms with Gasteiger partial charge in [0.15, 0.2) is 0 Å². The molecule has 27 heavy (non-hydrogen) atoms. The van der Waals surface area contributed by atoms with Gasteiger partial charge in [-0.15, -0.1) is 0 Å². The first kappa shape index (κ1) is 19.9. The van der Waals surface area contributed by atoms with Gasteiger partial charge in [-0.1, -0.05) is 49.6 Å². The van der Waals surface area contributed by atoms with Gasteiger partial charge in [0.25, 0.3) is 0 Å². The summed E-state index contributed by atoms with van der Waals surface area (Å²) >= 11 is 0. The SMILES string of the molecule is CC(=O)N1C[C@@H](N)CC[C@@H](C(=O)NCC2(c3ccccc3)CCCCC2)C1. The van der Waals surface area contributed by atoms with Gasteiger partial charge in [0, 0.05) is 38.0 Å². The number of carbonyl (C=O) groups excluding carboxylic acids is 2. The van der Waals surface area contributed by atoms with Gasteiger partial charge in [0.1, 0.15) is 0 Å². The van der Waals surface area contributed by atoms with Crippen LogP contribution in [0.4, 0.5) is 0 Å². The third-order valence-electron chi connectivity index (χ3n) is 6.40. The lowest BCUT2D eigenvalue weighted by Gasteiger charge is -2.38. The summed E-state index contributed by atoms with van der Waals surface area (Å²) in [6, 6.07) is 10.6. The van der Waals surface area contributed by atoms with Crippen LogP contribution in [0.25, 0.3) is 0 Å². The van der Waals surface area contributed by atoms with Crippen molar-refractivity contribution in [2.45, 2.75) is 63.3 Å². The van der Waals surface area contributed by atoms with Crippen molar-refractivity contribution in [2.75, 3.05) is 19.6 Å². The summed E-state index contributed by atoms with van der Waals surface area (Å²) in [6.45, 7) is 3.26. The Morgan fingerprint density at radius 3 is 2.48 bits per heavy atom. The molecule has 3 N–H and O–H groups in total. The molecule has 0 spiro atoms. The van der Waals surface area contributed by atoms with Crippen molar-refractivity contribution in [2.24, 2.45) is 11.7 Å². The average molecular weight is 372 g/mol. The molecular weight excluding hydrogens is 338 g/mol. The second kappa shape index (κ2) is 8.87. The number of benzene rings is 1. The van der Waals surface area contributed by atoms with Gasteiger partial charge in [-0.3, -0.25) is 9.59 Å². The zero-order valence-electron chi connectivity index (χ0n) is 16.5. The second-order valence-corrected chi connectivity index (χ2v) is 8.38. The molecule has 2 aliphatic rings. The summed E-state index contributed by atoms with van der Waals surface area (Å²) in [5.41, 5.74) is 7.46. The highest BCUT2D eigenvalue weighted by molar-refractivity contribution is 5.80. The highest BCUT2D eigenvalue weighted by Crippen LogP contribution is 2.39. The van der Waals surface area contributed by atoms with Crippen molar-refractivity contribution < 1.29 is 9.59 Å². The van der Waals surface area contributed by atoms with Crippen molar-refractivity contribution in [3.05, 3.63) is 35.9 Å². The van der Waals surface area contributed by atoms with Crippen LogP contribution in [0, 0.1) is 5.92 Å². The van der Waals surface area contributed by atoms with Crippen LogP contribution in [0.2, 0.25) is 0 Å². The Labute approximate surface area is 162 Å². The predicted molar refractivity (Wildman–Crippen MR) is 107 cm³/mol. The van der Waals surface area contributed by atoms with Gasteiger partial charge in [-0.2, -0.15) is 0 Å². The van der Waals surface area contributed by atoms with E-state index in [0.29, 0.717) is 19.6 Å². The first-order valence-corrected chi connectivity index (χ1v) is 10.3. The van der Waals surface area contributed by atoms with Crippen LogP contribution in [-0.2, 0) is 15.0 Å². The number of hydrogen-bond acceptors (Lipinski definition) is 3. The molecule has 1 saturated heterocycles. The van der Waals surface area contributed by atoms with E-state index in [9.17, 15) is 9.59 Å². The van der Waals surface area contributed by atoms with Crippen LogP contribution in [-0.4, -0.2) is 42.4 Å². The number of nitrogens with one attached hydrogen (secondary N) is 1. The Morgan fingerprint density at radius 1 is 1.11 bits per heavy atom. The highest BCUT2D eigenvalue weighted by Gasteiger charge is 2.35. The summed E-state index contributed by atoms with van der Waals surface area (Å²) < 4.78 is 0. The van der Waals surface area contributed by atoms with E-state index in [4.69, 9.17) is 5.73 Å². The van der Waals surface area contributed by atoms with Gasteiger partial charge < -0.3 is 16.0 Å². The summed E-state index contributed by atoms with van der Waals surface area (Å²) in [5, 5.41) is 3.25. The quantitative estimate of drug-likeness (QED) is 0.854. The summed E-state index contributed by atoms with van der Waals surface area (Å²) in [6.07, 6.45) is 7.46. The lowest BCUT2D eigenvalue weighted by molar-refractivity contribution is -0.131. The topological polar surface area (TPSA) is 75.4 Å². The van der Waals surface area contributed by atoms with Crippen LogP contribution in [0.15, 0.2) is 30.3 Å². The number of amides is 2. The number of likely N-dealkylation sites (tertiary alicyclic amines) is 1. The van der Waals surface area contributed by atoms with Crippen molar-refractivity contribution in [3.63, 3.8) is 0 Å². The van der Waals surface area contributed by atoms with Crippen LogP contribution in [0.1, 0.15) is 57.4 Å². The smallest absolute Gasteiger partial charge is 0.224 e. The van der Waals surface area contributed by atoms with E-state index in [1.807, 2.05) is 6.07 Å². The molecule has 3 rings (SSSR count). The van der Waals surface area contributed by atoms with Crippen LogP contribution < -0.4 is 11.1 Å². The molecule has 5 nitrogen and oxygen atoms in total. The Hall–Kier alpha value is -1.88. The van der Waals surface area contributed by atoms with Crippen LogP contribution in [0.5, 0.6) is 0 Å². The van der Waals surface area contributed by atoms with E-state index in [-0.39, 0.29) is 29.2 Å². The Bertz CT molecular complexity index is 640. The lowest BCUT2D eigenvalue weighted by Crippen LogP contribution is -2.46. The molecular formula is C22H33N3O2. The first-order chi connectivity index (χ1) is 13.0. The van der Waals surface area contributed by atoms with Gasteiger partial charge in [-0.25, -0.2) is 0 Å². The van der Waals surface area contributed by atoms with Crippen LogP contribution >= 0.6 is 0 Å². The number of nitrogens with zero attached hydrogens (tertiary/aromatic N) is 1. The standard InChI is InChI=1S/C22H33N3O2/c1-17(26)25-14-18(10-11-20(23)15-25)21(27)24-16-22(12-6-3-7-13-22)19-8-4-2-5-9-19/h2,4-5,8-9,18,20H,3,6-7,10-16,23H2,1H3,(H,24,27)/t18-,20+/m1/s1. The largest absolute Gasteiger partial charge is 0.355 e. The fraction of sp³-hybridized carbons (Fsp3) is 0.636. The zero-order valence-corrected chi connectivity index (χ0v) is 16.5. The Balaban J connectivity index is 1.68. The Kier molecular flexibility index (Phi) is 6.53. The minimum Gasteiger partial charge on any atom is -0.355 e. The molecule has 1 aromatic carbocycles. The molecule has 148 valence electrons. The maximum atomic E-state index is 13.0. The summed E-state index contributed by atoms with van der Waals surface area (Å²) in [5.74, 6) is -0.103. The third kappa shape index (κ3) is 4.89. The van der Waals surface area contributed by atoms with Crippen molar-refractivity contribution in [1.29, 1.82) is 0 Å². The Morgan fingerprint density at radius 2 is 1.81 bits per heavy atom. The molecule has 0 unspecified atom stereocenters. The molecule has 0 aromatic heterocycles. The first-order valence-electron chi connectivity index (χ1n) is 10.3. The van der Waals surface area contributed by atoms with Gasteiger partial charge >= 0.3 is 0 Å². The predicted octanol–water partition coefficient (Wildman–Crippen LogP) is 2.59. The van der Waals surface area contributed by atoms with E-state index in [2.05, 4.69) is 29.6 Å². The van der Waals surface area contributed by atoms with E-state index in [1.54, 1.807) is 11.8 Å². The third-order valence-corrected chi connectivity index (χ3v) is 6.40. The van der Waals surface area contributed by atoms with E-state index >= 15 is 0 Å². The fourth-order valence-corrected chi connectivity index (χ4v) is 4.68. The molecule has 1 aliphatic carbocycles. The minimum absolute atomic E-state index is 0.00168. The second-order valence-electron chi connectivity index (χ2n) is 8.38. The summed E-state index contributed by atoms with van der Waals surface area (Å²) in [7, 11) is 0. The number of carbonyl (C=O) groups is 2. The molecule has 2 fully saturated rings. The number of rotatable bonds is 4. The van der Waals surface area contributed by atoms with Crippen molar-refractivity contribution in [1.82, 2.24) is 10.2 Å². The lowest BCUT2D eigenvalue weighted by atomic mass is 9.69. The molecule has 5 heteroatoms. The van der Waals surface area contributed by atoms with E-state index in [1.165, 1.54) is 24.8 Å². The molecule has 1 heterocycles. The normalized spacial score (nSPS) is 25.5. The molecule has 1 aromatic rings. The van der Waals surface area contributed by atoms with Crippen molar-refractivity contribution in [3.8, 4) is 0 Å². The number of nitrogens with two attached hydrogens (primary N) is 1. The number of hydrogen-bond donors (Lipinski definition) is 2.